The molecular weight excluding hydrogens is 228 g/mol. The molecule has 1 fully saturated rings. The van der Waals surface area contributed by atoms with Gasteiger partial charge in [0.1, 0.15) is 0 Å². The zero-order chi connectivity index (χ0) is 12.1. The van der Waals surface area contributed by atoms with Gasteiger partial charge in [0.25, 0.3) is 0 Å². The third kappa shape index (κ3) is 3.08. The third-order valence-corrected chi connectivity index (χ3v) is 4.64. The van der Waals surface area contributed by atoms with Gasteiger partial charge in [-0.1, -0.05) is 19.8 Å². The van der Waals surface area contributed by atoms with Crippen molar-refractivity contribution >= 4 is 11.3 Å². The molecule has 0 aliphatic heterocycles. The summed E-state index contributed by atoms with van der Waals surface area (Å²) in [5, 5.41) is 14.9. The minimum absolute atomic E-state index is 0.216. The van der Waals surface area contributed by atoms with Crippen molar-refractivity contribution in [1.29, 1.82) is 5.26 Å². The molecule has 1 aliphatic carbocycles. The Morgan fingerprint density at radius 1 is 1.47 bits per heavy atom. The van der Waals surface area contributed by atoms with Crippen LogP contribution in [0.3, 0.4) is 0 Å². The van der Waals surface area contributed by atoms with E-state index >= 15 is 0 Å². The molecule has 0 amide bonds. The molecule has 2 nitrogen and oxygen atoms in total. The van der Waals surface area contributed by atoms with E-state index in [1.165, 1.54) is 23.3 Å². The molecule has 1 saturated carbocycles. The molecule has 17 heavy (non-hydrogen) atoms. The third-order valence-electron chi connectivity index (χ3n) is 3.68. The predicted octanol–water partition coefficient (Wildman–Crippen LogP) is 3.48. The van der Waals surface area contributed by atoms with Crippen LogP contribution in [0.1, 0.15) is 43.0 Å². The first-order valence-corrected chi connectivity index (χ1v) is 7.41. The first kappa shape index (κ1) is 12.6. The van der Waals surface area contributed by atoms with Crippen LogP contribution in [0.4, 0.5) is 0 Å². The molecule has 2 unspecified atom stereocenters. The number of thiophene rings is 1. The lowest BCUT2D eigenvalue weighted by molar-refractivity contribution is 0.312. The molecule has 0 aromatic carbocycles. The molecule has 0 spiro atoms. The second-order valence-electron chi connectivity index (χ2n) is 4.73. The number of nitrogens with zero attached hydrogens (tertiary/aromatic N) is 1. The lowest BCUT2D eigenvalue weighted by atomic mass is 9.85. The van der Waals surface area contributed by atoms with Gasteiger partial charge in [-0.15, -0.1) is 11.3 Å². The highest BCUT2D eigenvalue weighted by molar-refractivity contribution is 7.10. The number of hydrogen-bond donors (Lipinski definition) is 1. The first-order valence-electron chi connectivity index (χ1n) is 6.53. The Morgan fingerprint density at radius 3 is 3.06 bits per heavy atom. The van der Waals surface area contributed by atoms with Gasteiger partial charge in [0.15, 0.2) is 0 Å². The van der Waals surface area contributed by atoms with Gasteiger partial charge in [0, 0.05) is 17.5 Å². The molecule has 0 bridgehead atoms. The average molecular weight is 248 g/mol. The van der Waals surface area contributed by atoms with Crippen LogP contribution in [-0.2, 0) is 13.0 Å². The number of aryl methyl sites for hydroxylation is 1. The summed E-state index contributed by atoms with van der Waals surface area (Å²) in [6, 6.07) is 5.07. The SMILES string of the molecule is CCc1ccsc1CNC1CCCCC1C#N. The van der Waals surface area contributed by atoms with Crippen LogP contribution < -0.4 is 5.32 Å². The fourth-order valence-electron chi connectivity index (χ4n) is 2.59. The summed E-state index contributed by atoms with van der Waals surface area (Å²) in [6.07, 6.45) is 5.81. The van der Waals surface area contributed by atoms with Crippen LogP contribution in [-0.4, -0.2) is 6.04 Å². The summed E-state index contributed by atoms with van der Waals surface area (Å²) >= 11 is 1.83. The molecule has 1 N–H and O–H groups in total. The summed E-state index contributed by atoms with van der Waals surface area (Å²) in [5.74, 6) is 0.216. The second kappa shape index (κ2) is 6.18. The fraction of sp³-hybridized carbons (Fsp3) is 0.643. The van der Waals surface area contributed by atoms with E-state index in [0.29, 0.717) is 6.04 Å². The fourth-order valence-corrected chi connectivity index (χ4v) is 3.52. The van der Waals surface area contributed by atoms with Gasteiger partial charge in [0.2, 0.25) is 0 Å². The molecule has 2 atom stereocenters. The van der Waals surface area contributed by atoms with E-state index in [-0.39, 0.29) is 5.92 Å². The minimum Gasteiger partial charge on any atom is -0.308 e. The lowest BCUT2D eigenvalue weighted by Gasteiger charge is -2.27. The number of rotatable bonds is 4. The average Bonchev–Trinajstić information content (AvgIpc) is 2.84. The summed E-state index contributed by atoms with van der Waals surface area (Å²) < 4.78 is 0. The highest BCUT2D eigenvalue weighted by Crippen LogP contribution is 2.25. The predicted molar refractivity (Wildman–Crippen MR) is 71.9 cm³/mol. The Balaban J connectivity index is 1.91. The van der Waals surface area contributed by atoms with Crippen molar-refractivity contribution in [1.82, 2.24) is 5.32 Å². The van der Waals surface area contributed by atoms with Crippen molar-refractivity contribution in [2.24, 2.45) is 5.92 Å². The standard InChI is InChI=1S/C14H20N2S/c1-2-11-7-8-17-14(11)10-16-13-6-4-3-5-12(13)9-15/h7-8,12-13,16H,2-6,10H2,1H3. The lowest BCUT2D eigenvalue weighted by Crippen LogP contribution is -2.37. The summed E-state index contributed by atoms with van der Waals surface area (Å²) in [6.45, 7) is 3.13. The summed E-state index contributed by atoms with van der Waals surface area (Å²) in [5.41, 5.74) is 1.45. The van der Waals surface area contributed by atoms with Gasteiger partial charge in [-0.05, 0) is 36.3 Å². The molecule has 2 rings (SSSR count). The molecule has 92 valence electrons. The van der Waals surface area contributed by atoms with Crippen LogP contribution >= 0.6 is 11.3 Å². The molecule has 3 heteroatoms. The van der Waals surface area contributed by atoms with Crippen molar-refractivity contribution in [2.45, 2.75) is 51.6 Å². The molecular formula is C14H20N2S. The first-order chi connectivity index (χ1) is 8.35. The Bertz CT molecular complexity index is 391. The quantitative estimate of drug-likeness (QED) is 0.885. The Morgan fingerprint density at radius 2 is 2.29 bits per heavy atom. The van der Waals surface area contributed by atoms with E-state index in [2.05, 4.69) is 29.8 Å². The number of nitrogens with one attached hydrogen (secondary N) is 1. The van der Waals surface area contributed by atoms with Crippen molar-refractivity contribution in [3.8, 4) is 6.07 Å². The molecule has 1 heterocycles. The van der Waals surface area contributed by atoms with E-state index in [1.54, 1.807) is 0 Å². The maximum Gasteiger partial charge on any atom is 0.0672 e. The van der Waals surface area contributed by atoms with Crippen molar-refractivity contribution in [3.05, 3.63) is 21.9 Å². The van der Waals surface area contributed by atoms with Gasteiger partial charge in [-0.2, -0.15) is 5.26 Å². The summed E-state index contributed by atoms with van der Waals surface area (Å²) in [7, 11) is 0. The van der Waals surface area contributed by atoms with E-state index in [9.17, 15) is 0 Å². The Hall–Kier alpha value is -0.850. The van der Waals surface area contributed by atoms with Crippen LogP contribution in [0.25, 0.3) is 0 Å². The van der Waals surface area contributed by atoms with Crippen molar-refractivity contribution in [3.63, 3.8) is 0 Å². The van der Waals surface area contributed by atoms with Gasteiger partial charge >= 0.3 is 0 Å². The van der Waals surface area contributed by atoms with Gasteiger partial charge in [-0.25, -0.2) is 0 Å². The van der Waals surface area contributed by atoms with Crippen molar-refractivity contribution < 1.29 is 0 Å². The molecule has 1 aromatic rings. The van der Waals surface area contributed by atoms with Gasteiger partial charge in [-0.3, -0.25) is 0 Å². The van der Waals surface area contributed by atoms with Crippen LogP contribution in [0, 0.1) is 17.2 Å². The van der Waals surface area contributed by atoms with Crippen molar-refractivity contribution in [2.75, 3.05) is 0 Å². The highest BCUT2D eigenvalue weighted by atomic mass is 32.1. The number of hydrogen-bond acceptors (Lipinski definition) is 3. The van der Waals surface area contributed by atoms with E-state index in [4.69, 9.17) is 5.26 Å². The van der Waals surface area contributed by atoms with Gasteiger partial charge in [0.05, 0.1) is 12.0 Å². The monoisotopic (exact) mass is 248 g/mol. The Kier molecular flexibility index (Phi) is 4.58. The zero-order valence-corrected chi connectivity index (χ0v) is 11.2. The maximum absolute atomic E-state index is 9.13. The molecule has 0 saturated heterocycles. The van der Waals surface area contributed by atoms with Crippen LogP contribution in [0.15, 0.2) is 11.4 Å². The highest BCUT2D eigenvalue weighted by Gasteiger charge is 2.24. The van der Waals surface area contributed by atoms with E-state index < -0.39 is 0 Å². The Labute approximate surface area is 108 Å². The zero-order valence-electron chi connectivity index (χ0n) is 10.4. The normalized spacial score (nSPS) is 24.5. The van der Waals surface area contributed by atoms with Gasteiger partial charge < -0.3 is 5.32 Å². The second-order valence-corrected chi connectivity index (χ2v) is 5.73. The topological polar surface area (TPSA) is 35.8 Å². The minimum atomic E-state index is 0.216. The maximum atomic E-state index is 9.13. The molecule has 1 aliphatic rings. The molecule has 1 aromatic heterocycles. The van der Waals surface area contributed by atoms with E-state index in [0.717, 1.165) is 25.8 Å². The van der Waals surface area contributed by atoms with Crippen LogP contribution in [0.5, 0.6) is 0 Å². The summed E-state index contributed by atoms with van der Waals surface area (Å²) in [4.78, 5) is 1.44. The molecule has 0 radical (unpaired) electrons. The van der Waals surface area contributed by atoms with E-state index in [1.807, 2.05) is 11.3 Å². The number of nitriles is 1. The van der Waals surface area contributed by atoms with Crippen LogP contribution in [0.2, 0.25) is 0 Å². The largest absolute Gasteiger partial charge is 0.308 e. The smallest absolute Gasteiger partial charge is 0.0672 e.